The molecule has 0 aliphatic carbocycles. The minimum absolute atomic E-state index is 0.173. The molecule has 0 bridgehead atoms. The topological polar surface area (TPSA) is 132 Å². The highest BCUT2D eigenvalue weighted by Crippen LogP contribution is 2.20. The Morgan fingerprint density at radius 3 is 2.74 bits per heavy atom. The zero-order valence-electron chi connectivity index (χ0n) is 17.1. The maximum Gasteiger partial charge on any atom is 0.305 e. The summed E-state index contributed by atoms with van der Waals surface area (Å²) in [6.45, 7) is 0.394. The summed E-state index contributed by atoms with van der Waals surface area (Å²) in [5, 5.41) is 11.2. The summed E-state index contributed by atoms with van der Waals surface area (Å²) in [5.41, 5.74) is 2.03. The molecule has 2 atom stereocenters. The molecular weight excluding hydrogens is 400 g/mol. The second-order valence-corrected chi connectivity index (χ2v) is 7.59. The van der Waals surface area contributed by atoms with Gasteiger partial charge in [0.25, 0.3) is 5.91 Å². The van der Waals surface area contributed by atoms with Crippen molar-refractivity contribution in [1.82, 2.24) is 20.2 Å². The van der Waals surface area contributed by atoms with E-state index in [1.807, 2.05) is 18.2 Å². The number of benzene rings is 1. The van der Waals surface area contributed by atoms with E-state index >= 15 is 0 Å². The lowest BCUT2D eigenvalue weighted by atomic mass is 10.1. The molecule has 3 N–H and O–H groups in total. The van der Waals surface area contributed by atoms with Crippen LogP contribution >= 0.6 is 0 Å². The molecule has 0 saturated carbocycles. The fraction of sp³-hybridized carbons (Fsp3) is 0.409. The Labute approximate surface area is 179 Å². The van der Waals surface area contributed by atoms with E-state index in [4.69, 9.17) is 5.11 Å². The van der Waals surface area contributed by atoms with Crippen molar-refractivity contribution in [3.8, 4) is 0 Å². The molecule has 1 aromatic carbocycles. The Bertz CT molecular complexity index is 927. The van der Waals surface area contributed by atoms with Gasteiger partial charge in [0.1, 0.15) is 12.3 Å². The van der Waals surface area contributed by atoms with Crippen LogP contribution in [0.2, 0.25) is 0 Å². The number of carboxylic acid groups (broad SMARTS) is 1. The molecule has 2 amide bonds. The summed E-state index contributed by atoms with van der Waals surface area (Å²) < 4.78 is 0. The van der Waals surface area contributed by atoms with E-state index in [-0.39, 0.29) is 11.7 Å². The number of carboxylic acids is 1. The van der Waals surface area contributed by atoms with Crippen LogP contribution in [0, 0.1) is 0 Å². The predicted molar refractivity (Wildman–Crippen MR) is 111 cm³/mol. The maximum atomic E-state index is 12.9. The van der Waals surface area contributed by atoms with Crippen LogP contribution < -0.4 is 5.32 Å². The van der Waals surface area contributed by atoms with E-state index in [0.29, 0.717) is 25.7 Å². The third-order valence-electron chi connectivity index (χ3n) is 5.28. The number of imidazole rings is 1. The van der Waals surface area contributed by atoms with E-state index in [1.165, 1.54) is 10.5 Å². The number of hydrogen-bond donors (Lipinski definition) is 3. The molecule has 2 heterocycles. The Morgan fingerprint density at radius 2 is 2.03 bits per heavy atom. The molecule has 1 aliphatic rings. The molecule has 164 valence electrons. The largest absolute Gasteiger partial charge is 0.481 e. The summed E-state index contributed by atoms with van der Waals surface area (Å²) in [4.78, 5) is 56.0. The highest BCUT2D eigenvalue weighted by molar-refractivity contribution is 5.96. The SMILES string of the molecule is O=C[C@H](CC(=O)O)NC(=O)[C@H]1CCCN1C(=O)c1nc(CCCc2ccccc2)c[nH]1. The number of aromatic amines is 1. The molecule has 1 saturated heterocycles. The minimum atomic E-state index is -1.19. The molecule has 0 spiro atoms. The van der Waals surface area contributed by atoms with Gasteiger partial charge in [0.05, 0.1) is 18.2 Å². The van der Waals surface area contributed by atoms with Gasteiger partial charge in [-0.15, -0.1) is 0 Å². The molecule has 31 heavy (non-hydrogen) atoms. The number of carbonyl (C=O) groups excluding carboxylic acids is 3. The van der Waals surface area contributed by atoms with Crippen molar-refractivity contribution in [2.75, 3.05) is 6.54 Å². The number of rotatable bonds is 10. The molecule has 9 heteroatoms. The molecule has 0 radical (unpaired) electrons. The van der Waals surface area contributed by atoms with Gasteiger partial charge in [-0.1, -0.05) is 30.3 Å². The van der Waals surface area contributed by atoms with Crippen molar-refractivity contribution in [2.45, 2.75) is 50.6 Å². The standard InChI is InChI=1S/C22H26N4O5/c27-14-17(12-19(28)29)25-21(30)18-10-5-11-26(18)22(31)20-23-13-16(24-20)9-4-8-15-6-2-1-3-7-15/h1-3,6-7,13-14,17-18H,4-5,8-12H2,(H,23,24)(H,25,30)(H,28,29)/t17-,18+/m0/s1. The third kappa shape index (κ3) is 6.00. The number of likely N-dealkylation sites (tertiary alicyclic amines) is 1. The first kappa shape index (κ1) is 22.2. The molecular formula is C22H26N4O5. The molecule has 0 unspecified atom stereocenters. The quantitative estimate of drug-likeness (QED) is 0.491. The number of H-pyrrole nitrogens is 1. The summed E-state index contributed by atoms with van der Waals surface area (Å²) in [7, 11) is 0. The molecule has 2 aromatic rings. The summed E-state index contributed by atoms with van der Waals surface area (Å²) in [6.07, 6.45) is 5.22. The zero-order chi connectivity index (χ0) is 22.2. The van der Waals surface area contributed by atoms with Crippen molar-refractivity contribution >= 4 is 24.1 Å². The van der Waals surface area contributed by atoms with Crippen LogP contribution in [0.4, 0.5) is 0 Å². The number of amides is 2. The molecule has 1 aliphatic heterocycles. The van der Waals surface area contributed by atoms with Crippen LogP contribution in [0.15, 0.2) is 36.5 Å². The van der Waals surface area contributed by atoms with Gasteiger partial charge in [-0.2, -0.15) is 0 Å². The number of aromatic nitrogens is 2. The van der Waals surface area contributed by atoms with Crippen LogP contribution in [-0.4, -0.2) is 62.7 Å². The monoisotopic (exact) mass is 426 g/mol. The fourth-order valence-electron chi connectivity index (χ4n) is 3.73. The second-order valence-electron chi connectivity index (χ2n) is 7.59. The van der Waals surface area contributed by atoms with Crippen molar-refractivity contribution < 1.29 is 24.3 Å². The van der Waals surface area contributed by atoms with Crippen LogP contribution in [0.1, 0.15) is 47.6 Å². The average molecular weight is 426 g/mol. The van der Waals surface area contributed by atoms with E-state index in [0.717, 1.165) is 25.0 Å². The van der Waals surface area contributed by atoms with Gasteiger partial charge < -0.3 is 25.1 Å². The fourth-order valence-corrected chi connectivity index (χ4v) is 3.73. The second kappa shape index (κ2) is 10.5. The Kier molecular flexibility index (Phi) is 7.53. The van der Waals surface area contributed by atoms with Crippen LogP contribution in [-0.2, 0) is 27.2 Å². The van der Waals surface area contributed by atoms with Crippen molar-refractivity contribution in [2.24, 2.45) is 0 Å². The molecule has 3 rings (SSSR count). The number of aldehydes is 1. The highest BCUT2D eigenvalue weighted by atomic mass is 16.4. The summed E-state index contributed by atoms with van der Waals surface area (Å²) in [5.74, 6) is -1.93. The maximum absolute atomic E-state index is 12.9. The van der Waals surface area contributed by atoms with Crippen LogP contribution in [0.25, 0.3) is 0 Å². The first-order valence-electron chi connectivity index (χ1n) is 10.3. The third-order valence-corrected chi connectivity index (χ3v) is 5.28. The van der Waals surface area contributed by atoms with Gasteiger partial charge in [-0.25, -0.2) is 4.98 Å². The van der Waals surface area contributed by atoms with Gasteiger partial charge in [0.15, 0.2) is 5.82 Å². The highest BCUT2D eigenvalue weighted by Gasteiger charge is 2.36. The predicted octanol–water partition coefficient (Wildman–Crippen LogP) is 1.35. The molecule has 1 fully saturated rings. The smallest absolute Gasteiger partial charge is 0.305 e. The first-order valence-corrected chi connectivity index (χ1v) is 10.3. The van der Waals surface area contributed by atoms with Crippen molar-refractivity contribution in [3.05, 3.63) is 53.6 Å². The number of carbonyl (C=O) groups is 4. The van der Waals surface area contributed by atoms with Crippen molar-refractivity contribution in [1.29, 1.82) is 0 Å². The number of nitrogens with zero attached hydrogens (tertiary/aromatic N) is 2. The normalized spacial score (nSPS) is 16.6. The van der Waals surface area contributed by atoms with E-state index in [9.17, 15) is 19.2 Å². The van der Waals surface area contributed by atoms with Crippen LogP contribution in [0.3, 0.4) is 0 Å². The lowest BCUT2D eigenvalue weighted by molar-refractivity contribution is -0.139. The number of aliphatic carboxylic acids is 1. The first-order chi connectivity index (χ1) is 15.0. The number of nitrogens with one attached hydrogen (secondary N) is 2. The number of aryl methyl sites for hydroxylation is 2. The lowest BCUT2D eigenvalue weighted by Crippen LogP contribution is -2.49. The summed E-state index contributed by atoms with van der Waals surface area (Å²) >= 11 is 0. The van der Waals surface area contributed by atoms with Crippen molar-refractivity contribution in [3.63, 3.8) is 0 Å². The lowest BCUT2D eigenvalue weighted by Gasteiger charge is -2.24. The zero-order valence-corrected chi connectivity index (χ0v) is 17.1. The Balaban J connectivity index is 1.56. The van der Waals surface area contributed by atoms with Gasteiger partial charge >= 0.3 is 5.97 Å². The Hall–Kier alpha value is -3.49. The van der Waals surface area contributed by atoms with Gasteiger partial charge in [-0.05, 0) is 37.7 Å². The molecule has 1 aromatic heterocycles. The van der Waals surface area contributed by atoms with E-state index in [1.54, 1.807) is 6.20 Å². The van der Waals surface area contributed by atoms with Gasteiger partial charge in [-0.3, -0.25) is 14.4 Å². The van der Waals surface area contributed by atoms with Gasteiger partial charge in [0, 0.05) is 12.7 Å². The van der Waals surface area contributed by atoms with Gasteiger partial charge in [0.2, 0.25) is 5.91 Å². The Morgan fingerprint density at radius 1 is 1.26 bits per heavy atom. The van der Waals surface area contributed by atoms with E-state index < -0.39 is 30.4 Å². The minimum Gasteiger partial charge on any atom is -0.481 e. The number of hydrogen-bond acceptors (Lipinski definition) is 5. The average Bonchev–Trinajstić information content (AvgIpc) is 3.43. The van der Waals surface area contributed by atoms with E-state index in [2.05, 4.69) is 27.4 Å². The van der Waals surface area contributed by atoms with Crippen LogP contribution in [0.5, 0.6) is 0 Å². The summed E-state index contributed by atoms with van der Waals surface area (Å²) in [6, 6.07) is 8.25. The molecule has 9 nitrogen and oxygen atoms in total.